The molecular weight excluding hydrogens is 318 g/mol. The van der Waals surface area contributed by atoms with Gasteiger partial charge in [0.1, 0.15) is 9.21 Å². The molecule has 0 unspecified atom stereocenters. The highest BCUT2D eigenvalue weighted by molar-refractivity contribution is 9.11. The summed E-state index contributed by atoms with van der Waals surface area (Å²) >= 11 is 8.12. The lowest BCUT2D eigenvalue weighted by Gasteiger charge is -1.96. The number of halogens is 2. The van der Waals surface area contributed by atoms with E-state index >= 15 is 0 Å². The summed E-state index contributed by atoms with van der Waals surface area (Å²) < 4.78 is 1.52. The van der Waals surface area contributed by atoms with Gasteiger partial charge in [0.25, 0.3) is 0 Å². The molecule has 0 saturated carbocycles. The van der Waals surface area contributed by atoms with Crippen molar-refractivity contribution in [2.24, 2.45) is 0 Å². The molecule has 0 fully saturated rings. The van der Waals surface area contributed by atoms with E-state index in [1.54, 1.807) is 17.8 Å². The summed E-state index contributed by atoms with van der Waals surface area (Å²) in [7, 11) is 0. The van der Waals surface area contributed by atoms with Gasteiger partial charge in [0.2, 0.25) is 0 Å². The Bertz CT molecular complexity index is 395. The van der Waals surface area contributed by atoms with Crippen LogP contribution in [-0.2, 0) is 0 Å². The molecule has 0 radical (unpaired) electrons. The Morgan fingerprint density at radius 3 is 2.38 bits per heavy atom. The maximum absolute atomic E-state index is 4.22. The smallest absolute Gasteiger partial charge is 0.173 e. The minimum absolute atomic E-state index is 0.684. The Morgan fingerprint density at radius 2 is 1.85 bits per heavy atom. The van der Waals surface area contributed by atoms with Crippen LogP contribution in [0.2, 0.25) is 0 Å². The highest BCUT2D eigenvalue weighted by Gasteiger charge is 2.04. The summed E-state index contributed by atoms with van der Waals surface area (Å²) in [4.78, 5) is 13.4. The minimum atomic E-state index is 0.684. The molecule has 0 aliphatic heterocycles. The number of hydrogen-bond donors (Lipinski definition) is 0. The van der Waals surface area contributed by atoms with E-state index in [1.807, 2.05) is 0 Å². The third-order valence-electron chi connectivity index (χ3n) is 1.32. The van der Waals surface area contributed by atoms with Crippen molar-refractivity contribution >= 4 is 43.2 Å². The molecular formula is C7H3Br2N3S. The molecule has 6 heteroatoms. The second kappa shape index (κ2) is 3.81. The van der Waals surface area contributed by atoms with E-state index < -0.39 is 0 Å². The average molecular weight is 321 g/mol. The van der Waals surface area contributed by atoms with E-state index in [4.69, 9.17) is 0 Å². The monoisotopic (exact) mass is 319 g/mol. The fourth-order valence-corrected chi connectivity index (χ4v) is 2.46. The normalized spacial score (nSPS) is 10.3. The molecule has 0 aliphatic carbocycles. The molecule has 0 aromatic carbocycles. The van der Waals surface area contributed by atoms with Gasteiger partial charge in [-0.05, 0) is 31.9 Å². The number of nitrogens with zero attached hydrogens (tertiary/aromatic N) is 3. The van der Waals surface area contributed by atoms with Crippen LogP contribution < -0.4 is 0 Å². The van der Waals surface area contributed by atoms with Gasteiger partial charge >= 0.3 is 0 Å². The van der Waals surface area contributed by atoms with Gasteiger partial charge in [-0.2, -0.15) is 0 Å². The zero-order valence-corrected chi connectivity index (χ0v) is 10.2. The molecule has 3 nitrogen and oxygen atoms in total. The van der Waals surface area contributed by atoms with Gasteiger partial charge in [-0.25, -0.2) is 9.97 Å². The number of thiazole rings is 1. The van der Waals surface area contributed by atoms with Gasteiger partial charge in [-0.3, -0.25) is 4.98 Å². The van der Waals surface area contributed by atoms with Crippen molar-refractivity contribution in [2.75, 3.05) is 0 Å². The first-order chi connectivity index (χ1) is 6.25. The highest BCUT2D eigenvalue weighted by atomic mass is 79.9. The molecule has 66 valence electrons. The zero-order valence-electron chi connectivity index (χ0n) is 6.24. The molecule has 0 bridgehead atoms. The summed E-state index contributed by atoms with van der Waals surface area (Å²) in [6.07, 6.45) is 1.75. The summed E-state index contributed by atoms with van der Waals surface area (Å²) in [5.41, 5.74) is 1.76. The predicted molar refractivity (Wildman–Crippen MR) is 58.5 cm³/mol. The van der Waals surface area contributed by atoms with Crippen molar-refractivity contribution in [3.8, 4) is 10.7 Å². The Morgan fingerprint density at radius 1 is 1.15 bits per heavy atom. The Hall–Kier alpha value is -0.330. The van der Waals surface area contributed by atoms with Gasteiger partial charge in [-0.1, -0.05) is 0 Å². The first-order valence-electron chi connectivity index (χ1n) is 3.34. The van der Waals surface area contributed by atoms with Crippen LogP contribution in [-0.4, -0.2) is 15.0 Å². The summed E-state index contributed by atoms with van der Waals surface area (Å²) in [6.45, 7) is 0. The van der Waals surface area contributed by atoms with Crippen LogP contribution >= 0.6 is 43.2 Å². The number of hydrogen-bond acceptors (Lipinski definition) is 4. The zero-order chi connectivity index (χ0) is 9.26. The van der Waals surface area contributed by atoms with E-state index in [0.717, 1.165) is 14.1 Å². The molecule has 0 atom stereocenters. The fourth-order valence-electron chi connectivity index (χ4n) is 0.827. The molecule has 2 aromatic heterocycles. The van der Waals surface area contributed by atoms with Gasteiger partial charge in [0.15, 0.2) is 5.82 Å². The van der Waals surface area contributed by atoms with Crippen LogP contribution in [0, 0.1) is 0 Å². The van der Waals surface area contributed by atoms with Crippen LogP contribution in [0.1, 0.15) is 0 Å². The van der Waals surface area contributed by atoms with Crippen molar-refractivity contribution < 1.29 is 0 Å². The molecule has 2 rings (SSSR count). The SMILES string of the molecule is Brc1cc(Br)nc(-c2cncs2)n1. The molecule has 0 amide bonds. The molecule has 0 spiro atoms. The lowest BCUT2D eigenvalue weighted by atomic mass is 10.5. The van der Waals surface area contributed by atoms with E-state index in [-0.39, 0.29) is 0 Å². The molecule has 0 saturated heterocycles. The Balaban J connectivity index is 2.53. The fraction of sp³-hybridized carbons (Fsp3) is 0. The average Bonchev–Trinajstić information content (AvgIpc) is 2.53. The van der Waals surface area contributed by atoms with Crippen molar-refractivity contribution in [2.45, 2.75) is 0 Å². The van der Waals surface area contributed by atoms with Gasteiger partial charge < -0.3 is 0 Å². The highest BCUT2D eigenvalue weighted by Crippen LogP contribution is 2.23. The molecule has 2 heterocycles. The van der Waals surface area contributed by atoms with Gasteiger partial charge in [0, 0.05) is 12.3 Å². The van der Waals surface area contributed by atoms with Crippen LogP contribution in [0.3, 0.4) is 0 Å². The largest absolute Gasteiger partial charge is 0.252 e. The quantitative estimate of drug-likeness (QED) is 0.758. The summed E-state index contributed by atoms with van der Waals surface area (Å²) in [6, 6.07) is 1.80. The molecule has 2 aromatic rings. The van der Waals surface area contributed by atoms with Crippen molar-refractivity contribution in [1.29, 1.82) is 0 Å². The van der Waals surface area contributed by atoms with Gasteiger partial charge in [0.05, 0.1) is 10.4 Å². The summed E-state index contributed by atoms with van der Waals surface area (Å²) in [5.74, 6) is 0.684. The second-order valence-corrected chi connectivity index (χ2v) is 4.71. The molecule has 13 heavy (non-hydrogen) atoms. The maximum atomic E-state index is 4.22. The van der Waals surface area contributed by atoms with Crippen molar-refractivity contribution in [3.05, 3.63) is 27.0 Å². The second-order valence-electron chi connectivity index (χ2n) is 2.20. The Labute approximate surface area is 95.5 Å². The third-order valence-corrected chi connectivity index (χ3v) is 2.90. The van der Waals surface area contributed by atoms with Crippen LogP contribution in [0.15, 0.2) is 27.0 Å². The standard InChI is InChI=1S/C7H3Br2N3S/c8-5-1-6(9)12-7(11-5)4-2-10-3-13-4/h1-3H. The van der Waals surface area contributed by atoms with E-state index in [9.17, 15) is 0 Å². The van der Waals surface area contributed by atoms with Crippen molar-refractivity contribution in [3.63, 3.8) is 0 Å². The lowest BCUT2D eigenvalue weighted by Crippen LogP contribution is -1.87. The van der Waals surface area contributed by atoms with E-state index in [2.05, 4.69) is 46.8 Å². The lowest BCUT2D eigenvalue weighted by molar-refractivity contribution is 1.13. The minimum Gasteiger partial charge on any atom is -0.252 e. The first-order valence-corrected chi connectivity index (χ1v) is 5.81. The topological polar surface area (TPSA) is 38.7 Å². The van der Waals surface area contributed by atoms with Crippen LogP contribution in [0.25, 0.3) is 10.7 Å². The van der Waals surface area contributed by atoms with Crippen LogP contribution in [0.5, 0.6) is 0 Å². The van der Waals surface area contributed by atoms with Gasteiger partial charge in [-0.15, -0.1) is 11.3 Å². The maximum Gasteiger partial charge on any atom is 0.173 e. The van der Waals surface area contributed by atoms with Crippen LogP contribution in [0.4, 0.5) is 0 Å². The predicted octanol–water partition coefficient (Wildman–Crippen LogP) is 3.13. The molecule has 0 aliphatic rings. The number of rotatable bonds is 1. The van der Waals surface area contributed by atoms with Crippen molar-refractivity contribution in [1.82, 2.24) is 15.0 Å². The Kier molecular flexibility index (Phi) is 2.71. The van der Waals surface area contributed by atoms with E-state index in [0.29, 0.717) is 5.82 Å². The number of aromatic nitrogens is 3. The first kappa shape index (κ1) is 9.23. The van der Waals surface area contributed by atoms with E-state index in [1.165, 1.54) is 11.3 Å². The molecule has 0 N–H and O–H groups in total. The third kappa shape index (κ3) is 2.12. The summed E-state index contributed by atoms with van der Waals surface area (Å²) in [5, 5.41) is 0.